The summed E-state index contributed by atoms with van der Waals surface area (Å²) < 4.78 is 25.7. The van der Waals surface area contributed by atoms with E-state index < -0.39 is 29.6 Å². The zero-order valence-electron chi connectivity index (χ0n) is 9.74. The summed E-state index contributed by atoms with van der Waals surface area (Å²) in [5.41, 5.74) is 0.158. The summed E-state index contributed by atoms with van der Waals surface area (Å²) in [4.78, 5) is 22.2. The average Bonchev–Trinajstić information content (AvgIpc) is 2.23. The van der Waals surface area contributed by atoms with Gasteiger partial charge in [-0.25, -0.2) is 13.6 Å². The number of amides is 1. The number of hydrogen-bond acceptors (Lipinski definition) is 2. The predicted molar refractivity (Wildman–Crippen MR) is 59.9 cm³/mol. The minimum Gasteiger partial charge on any atom is -0.480 e. The van der Waals surface area contributed by atoms with Gasteiger partial charge in [0.1, 0.15) is 17.7 Å². The number of nitrogens with one attached hydrogen (secondary N) is 1. The van der Waals surface area contributed by atoms with Gasteiger partial charge in [0.25, 0.3) is 0 Å². The van der Waals surface area contributed by atoms with Crippen LogP contribution in [0.4, 0.5) is 8.78 Å². The van der Waals surface area contributed by atoms with Crippen LogP contribution in [0.25, 0.3) is 0 Å². The smallest absolute Gasteiger partial charge is 0.326 e. The van der Waals surface area contributed by atoms with E-state index >= 15 is 0 Å². The summed E-state index contributed by atoms with van der Waals surface area (Å²) in [6.07, 6.45) is -0.0307. The Kier molecular flexibility index (Phi) is 4.76. The van der Waals surface area contributed by atoms with Crippen molar-refractivity contribution < 1.29 is 23.5 Å². The molecule has 0 bridgehead atoms. The van der Waals surface area contributed by atoms with Gasteiger partial charge >= 0.3 is 5.97 Å². The third kappa shape index (κ3) is 4.12. The summed E-state index contributed by atoms with van der Waals surface area (Å²) in [6.45, 7) is 1.61. The van der Waals surface area contributed by atoms with E-state index in [9.17, 15) is 18.4 Å². The maximum absolute atomic E-state index is 12.9. The number of aliphatic carboxylic acids is 1. The number of benzene rings is 1. The van der Waals surface area contributed by atoms with Gasteiger partial charge in [-0.15, -0.1) is 0 Å². The van der Waals surface area contributed by atoms with Crippen LogP contribution in [0.15, 0.2) is 18.2 Å². The molecular weight excluding hydrogens is 244 g/mol. The summed E-state index contributed by atoms with van der Waals surface area (Å²) in [5.74, 6) is -3.28. The first-order valence-corrected chi connectivity index (χ1v) is 5.39. The average molecular weight is 257 g/mol. The van der Waals surface area contributed by atoms with Crippen LogP contribution in [0.1, 0.15) is 18.9 Å². The summed E-state index contributed by atoms with van der Waals surface area (Å²) in [5, 5.41) is 11.0. The van der Waals surface area contributed by atoms with Gasteiger partial charge in [-0.05, 0) is 24.1 Å². The van der Waals surface area contributed by atoms with Crippen LogP contribution in [-0.4, -0.2) is 23.0 Å². The van der Waals surface area contributed by atoms with Crippen LogP contribution in [-0.2, 0) is 16.0 Å². The summed E-state index contributed by atoms with van der Waals surface area (Å²) in [6, 6.07) is 1.78. The van der Waals surface area contributed by atoms with E-state index in [1.54, 1.807) is 6.92 Å². The molecule has 0 unspecified atom stereocenters. The molecule has 0 aliphatic rings. The molecule has 0 aliphatic carbocycles. The van der Waals surface area contributed by atoms with Gasteiger partial charge in [-0.2, -0.15) is 0 Å². The SMILES string of the molecule is CC[C@H](NC(=O)Cc1cc(F)cc(F)c1)C(=O)O. The van der Waals surface area contributed by atoms with Gasteiger partial charge < -0.3 is 10.4 Å². The lowest BCUT2D eigenvalue weighted by Gasteiger charge is -2.12. The summed E-state index contributed by atoms with van der Waals surface area (Å²) in [7, 11) is 0. The van der Waals surface area contributed by atoms with Crippen molar-refractivity contribution in [2.75, 3.05) is 0 Å². The van der Waals surface area contributed by atoms with Crippen molar-refractivity contribution >= 4 is 11.9 Å². The third-order valence-electron chi connectivity index (χ3n) is 2.33. The minimum atomic E-state index is -1.14. The molecule has 1 amide bonds. The van der Waals surface area contributed by atoms with Gasteiger partial charge in [-0.1, -0.05) is 6.92 Å². The fourth-order valence-corrected chi connectivity index (χ4v) is 1.48. The fourth-order valence-electron chi connectivity index (χ4n) is 1.48. The van der Waals surface area contributed by atoms with Crippen molar-refractivity contribution in [2.45, 2.75) is 25.8 Å². The molecule has 0 heterocycles. The molecule has 1 rings (SSSR count). The van der Waals surface area contributed by atoms with E-state index in [0.717, 1.165) is 12.1 Å². The van der Waals surface area contributed by atoms with Gasteiger partial charge in [0.15, 0.2) is 0 Å². The van der Waals surface area contributed by atoms with Crippen molar-refractivity contribution in [3.8, 4) is 0 Å². The molecule has 98 valence electrons. The molecular formula is C12H13F2NO3. The first kappa shape index (κ1) is 14.1. The molecule has 1 atom stereocenters. The topological polar surface area (TPSA) is 66.4 Å². The Morgan fingerprint density at radius 2 is 1.83 bits per heavy atom. The van der Waals surface area contributed by atoms with Crippen molar-refractivity contribution in [1.82, 2.24) is 5.32 Å². The second kappa shape index (κ2) is 6.09. The number of carbonyl (C=O) groups excluding carboxylic acids is 1. The van der Waals surface area contributed by atoms with Gasteiger partial charge in [0.2, 0.25) is 5.91 Å². The molecule has 4 nitrogen and oxygen atoms in total. The second-order valence-electron chi connectivity index (χ2n) is 3.82. The second-order valence-corrected chi connectivity index (χ2v) is 3.82. The molecule has 0 aliphatic heterocycles. The van der Waals surface area contributed by atoms with Crippen LogP contribution in [0.2, 0.25) is 0 Å². The number of rotatable bonds is 5. The Morgan fingerprint density at radius 1 is 1.28 bits per heavy atom. The molecule has 1 aromatic carbocycles. The van der Waals surface area contributed by atoms with E-state index in [1.165, 1.54) is 0 Å². The monoisotopic (exact) mass is 257 g/mol. The van der Waals surface area contributed by atoms with Crippen molar-refractivity contribution in [3.05, 3.63) is 35.4 Å². The molecule has 18 heavy (non-hydrogen) atoms. The van der Waals surface area contributed by atoms with Crippen molar-refractivity contribution in [1.29, 1.82) is 0 Å². The first-order chi connectivity index (χ1) is 8.42. The number of hydrogen-bond donors (Lipinski definition) is 2. The zero-order valence-corrected chi connectivity index (χ0v) is 9.74. The maximum atomic E-state index is 12.9. The molecule has 6 heteroatoms. The molecule has 0 saturated carbocycles. The fraction of sp³-hybridized carbons (Fsp3) is 0.333. The van der Waals surface area contributed by atoms with Crippen LogP contribution in [0.5, 0.6) is 0 Å². The van der Waals surface area contributed by atoms with Crippen LogP contribution < -0.4 is 5.32 Å². The Balaban J connectivity index is 2.67. The van der Waals surface area contributed by atoms with E-state index in [2.05, 4.69) is 5.32 Å². The quantitative estimate of drug-likeness (QED) is 0.839. The van der Waals surface area contributed by atoms with Crippen molar-refractivity contribution in [3.63, 3.8) is 0 Å². The number of carboxylic acids is 1. The molecule has 1 aromatic rings. The Hall–Kier alpha value is -1.98. The van der Waals surface area contributed by atoms with E-state index in [0.29, 0.717) is 6.07 Å². The van der Waals surface area contributed by atoms with Gasteiger partial charge in [0, 0.05) is 6.07 Å². The van der Waals surface area contributed by atoms with Gasteiger partial charge in [0.05, 0.1) is 6.42 Å². The normalized spacial score (nSPS) is 11.9. The standard InChI is InChI=1S/C12H13F2NO3/c1-2-10(12(17)18)15-11(16)5-7-3-8(13)6-9(14)4-7/h3-4,6,10H,2,5H2,1H3,(H,15,16)(H,17,18)/t10-/m0/s1. The van der Waals surface area contributed by atoms with Crippen LogP contribution in [0.3, 0.4) is 0 Å². The van der Waals surface area contributed by atoms with Gasteiger partial charge in [-0.3, -0.25) is 4.79 Å². The molecule has 0 aromatic heterocycles. The predicted octanol–water partition coefficient (Wildman–Crippen LogP) is 1.49. The zero-order chi connectivity index (χ0) is 13.7. The van der Waals surface area contributed by atoms with Crippen molar-refractivity contribution in [2.24, 2.45) is 0 Å². The highest BCUT2D eigenvalue weighted by Gasteiger charge is 2.17. The number of carbonyl (C=O) groups is 2. The molecule has 0 saturated heterocycles. The van der Waals surface area contributed by atoms with Crippen LogP contribution in [0, 0.1) is 11.6 Å². The molecule has 0 spiro atoms. The Morgan fingerprint density at radius 3 is 2.28 bits per heavy atom. The number of halogens is 2. The van der Waals surface area contributed by atoms with E-state index in [-0.39, 0.29) is 18.4 Å². The van der Waals surface area contributed by atoms with E-state index in [4.69, 9.17) is 5.11 Å². The lowest BCUT2D eigenvalue weighted by atomic mass is 10.1. The highest BCUT2D eigenvalue weighted by molar-refractivity contribution is 5.84. The molecule has 0 radical (unpaired) electrons. The lowest BCUT2D eigenvalue weighted by Crippen LogP contribution is -2.40. The summed E-state index contributed by atoms with van der Waals surface area (Å²) >= 11 is 0. The highest BCUT2D eigenvalue weighted by Crippen LogP contribution is 2.08. The first-order valence-electron chi connectivity index (χ1n) is 5.39. The number of carboxylic acid groups (broad SMARTS) is 1. The van der Waals surface area contributed by atoms with E-state index in [1.807, 2.05) is 0 Å². The minimum absolute atomic E-state index is 0.158. The largest absolute Gasteiger partial charge is 0.480 e. The highest BCUT2D eigenvalue weighted by atomic mass is 19.1. The Bertz CT molecular complexity index is 442. The lowest BCUT2D eigenvalue weighted by molar-refractivity contribution is -0.141. The molecule has 0 fully saturated rings. The third-order valence-corrected chi connectivity index (χ3v) is 2.33. The Labute approximate surface area is 103 Å². The van der Waals surface area contributed by atoms with Crippen LogP contribution >= 0.6 is 0 Å². The molecule has 2 N–H and O–H groups in total. The maximum Gasteiger partial charge on any atom is 0.326 e.